The SMILES string of the molecule is CCCCCCC#Cc1cn(CC(=O)OCC)c(=O)nc1N. The molecule has 120 valence electrons. The predicted octanol–water partition coefficient (Wildman–Crippen LogP) is 1.71. The molecule has 6 heteroatoms. The number of rotatable bonds is 7. The summed E-state index contributed by atoms with van der Waals surface area (Å²) in [5, 5.41) is 0. The van der Waals surface area contributed by atoms with Gasteiger partial charge in [-0.2, -0.15) is 4.98 Å². The second-order valence-electron chi connectivity index (χ2n) is 4.87. The Kier molecular flexibility index (Phi) is 7.76. The van der Waals surface area contributed by atoms with Crippen molar-refractivity contribution in [2.75, 3.05) is 12.3 Å². The van der Waals surface area contributed by atoms with Crippen molar-refractivity contribution in [3.05, 3.63) is 22.2 Å². The highest BCUT2D eigenvalue weighted by Crippen LogP contribution is 2.05. The summed E-state index contributed by atoms with van der Waals surface area (Å²) in [6, 6.07) is 0. The third-order valence-corrected chi connectivity index (χ3v) is 3.01. The first-order chi connectivity index (χ1) is 10.6. The number of carbonyl (C=O) groups is 1. The van der Waals surface area contributed by atoms with E-state index in [9.17, 15) is 9.59 Å². The molecule has 0 saturated carbocycles. The van der Waals surface area contributed by atoms with Crippen molar-refractivity contribution in [3.8, 4) is 11.8 Å². The molecule has 0 spiro atoms. The van der Waals surface area contributed by atoms with Gasteiger partial charge in [-0.1, -0.05) is 38.0 Å². The molecule has 0 saturated heterocycles. The minimum atomic E-state index is -0.584. The lowest BCUT2D eigenvalue weighted by Gasteiger charge is -2.06. The molecule has 0 aliphatic carbocycles. The number of carbonyl (C=O) groups excluding carboxylic acids is 1. The predicted molar refractivity (Wildman–Crippen MR) is 85.2 cm³/mol. The van der Waals surface area contributed by atoms with Crippen LogP contribution in [0.4, 0.5) is 5.82 Å². The highest BCUT2D eigenvalue weighted by molar-refractivity contribution is 5.69. The molecule has 0 unspecified atom stereocenters. The Morgan fingerprint density at radius 3 is 2.82 bits per heavy atom. The Balaban J connectivity index is 2.77. The summed E-state index contributed by atoms with van der Waals surface area (Å²) in [5.41, 5.74) is 5.57. The molecule has 1 aromatic rings. The maximum absolute atomic E-state index is 11.7. The van der Waals surface area contributed by atoms with Gasteiger partial charge in [0, 0.05) is 12.6 Å². The van der Waals surface area contributed by atoms with E-state index < -0.39 is 11.7 Å². The van der Waals surface area contributed by atoms with Crippen LogP contribution >= 0.6 is 0 Å². The second kappa shape index (κ2) is 9.61. The standard InChI is InChI=1S/C16H23N3O3/c1-3-5-6-7-8-9-10-13-11-19(12-14(20)22-4-2)16(21)18-15(13)17/h11H,3-8,12H2,1-2H3,(H2,17,18,21). The molecule has 0 aromatic carbocycles. The fraction of sp³-hybridized carbons (Fsp3) is 0.562. The number of nitrogen functional groups attached to an aromatic ring is 1. The minimum absolute atomic E-state index is 0.0890. The van der Waals surface area contributed by atoms with Crippen molar-refractivity contribution in [3.63, 3.8) is 0 Å². The van der Waals surface area contributed by atoms with Gasteiger partial charge in [-0.3, -0.25) is 9.36 Å². The molecule has 1 rings (SSSR count). The van der Waals surface area contributed by atoms with Gasteiger partial charge in [0.2, 0.25) is 0 Å². The molecule has 0 atom stereocenters. The highest BCUT2D eigenvalue weighted by Gasteiger charge is 2.08. The molecule has 6 nitrogen and oxygen atoms in total. The number of nitrogens with zero attached hydrogens (tertiary/aromatic N) is 2. The van der Waals surface area contributed by atoms with Crippen molar-refractivity contribution in [1.29, 1.82) is 0 Å². The molecule has 2 N–H and O–H groups in total. The van der Waals surface area contributed by atoms with Crippen LogP contribution in [-0.2, 0) is 16.1 Å². The first kappa shape index (κ1) is 17.8. The molecule has 1 heterocycles. The van der Waals surface area contributed by atoms with Crippen LogP contribution < -0.4 is 11.4 Å². The van der Waals surface area contributed by atoms with Gasteiger partial charge in [-0.25, -0.2) is 4.79 Å². The van der Waals surface area contributed by atoms with Gasteiger partial charge in [0.15, 0.2) is 0 Å². The fourth-order valence-electron chi connectivity index (χ4n) is 1.86. The summed E-state index contributed by atoms with van der Waals surface area (Å²) in [6.45, 7) is 3.94. The first-order valence-corrected chi connectivity index (χ1v) is 7.59. The van der Waals surface area contributed by atoms with E-state index in [0.717, 1.165) is 23.8 Å². The van der Waals surface area contributed by atoms with Gasteiger partial charge in [-0.05, 0) is 13.3 Å². The van der Waals surface area contributed by atoms with E-state index in [1.807, 2.05) is 0 Å². The number of unbranched alkanes of at least 4 members (excludes halogenated alkanes) is 4. The van der Waals surface area contributed by atoms with E-state index in [-0.39, 0.29) is 19.0 Å². The van der Waals surface area contributed by atoms with E-state index in [2.05, 4.69) is 23.7 Å². The Morgan fingerprint density at radius 2 is 2.14 bits per heavy atom. The molecule has 0 bridgehead atoms. The summed E-state index contributed by atoms with van der Waals surface area (Å²) in [4.78, 5) is 26.8. The molecule has 22 heavy (non-hydrogen) atoms. The van der Waals surface area contributed by atoms with E-state index in [1.165, 1.54) is 19.0 Å². The van der Waals surface area contributed by atoms with Crippen LogP contribution in [-0.4, -0.2) is 22.1 Å². The number of hydrogen-bond acceptors (Lipinski definition) is 5. The lowest BCUT2D eigenvalue weighted by atomic mass is 10.1. The number of aromatic nitrogens is 2. The average Bonchev–Trinajstić information content (AvgIpc) is 2.47. The van der Waals surface area contributed by atoms with Gasteiger partial charge in [-0.15, -0.1) is 0 Å². The van der Waals surface area contributed by atoms with Gasteiger partial charge in [0.25, 0.3) is 0 Å². The monoisotopic (exact) mass is 305 g/mol. The third-order valence-electron chi connectivity index (χ3n) is 3.01. The van der Waals surface area contributed by atoms with Gasteiger partial charge in [0.05, 0.1) is 12.2 Å². The molecule has 0 fully saturated rings. The minimum Gasteiger partial charge on any atom is -0.465 e. The van der Waals surface area contributed by atoms with Crippen molar-refractivity contribution >= 4 is 11.8 Å². The Hall–Kier alpha value is -2.29. The molecular formula is C16H23N3O3. The van der Waals surface area contributed by atoms with Gasteiger partial charge in [0.1, 0.15) is 12.4 Å². The van der Waals surface area contributed by atoms with Crippen molar-refractivity contribution in [2.45, 2.75) is 52.5 Å². The lowest BCUT2D eigenvalue weighted by Crippen LogP contribution is -2.28. The van der Waals surface area contributed by atoms with Crippen LogP contribution in [0.2, 0.25) is 0 Å². The molecule has 1 aromatic heterocycles. The quantitative estimate of drug-likeness (QED) is 0.471. The van der Waals surface area contributed by atoms with E-state index in [1.54, 1.807) is 6.92 Å². The maximum Gasteiger partial charge on any atom is 0.350 e. The van der Waals surface area contributed by atoms with Crippen molar-refractivity contribution in [2.24, 2.45) is 0 Å². The van der Waals surface area contributed by atoms with Crippen LogP contribution in [0.1, 0.15) is 51.5 Å². The largest absolute Gasteiger partial charge is 0.465 e. The smallest absolute Gasteiger partial charge is 0.350 e. The molecule has 0 aliphatic rings. The lowest BCUT2D eigenvalue weighted by molar-refractivity contribution is -0.143. The fourth-order valence-corrected chi connectivity index (χ4v) is 1.86. The van der Waals surface area contributed by atoms with E-state index >= 15 is 0 Å². The van der Waals surface area contributed by atoms with Crippen LogP contribution in [0.25, 0.3) is 0 Å². The average molecular weight is 305 g/mol. The number of hydrogen-bond donors (Lipinski definition) is 1. The summed E-state index contributed by atoms with van der Waals surface area (Å²) >= 11 is 0. The molecule has 0 amide bonds. The Bertz CT molecular complexity index is 611. The first-order valence-electron chi connectivity index (χ1n) is 7.59. The van der Waals surface area contributed by atoms with Crippen molar-refractivity contribution in [1.82, 2.24) is 9.55 Å². The third kappa shape index (κ3) is 6.00. The normalized spacial score (nSPS) is 9.91. The zero-order valence-corrected chi connectivity index (χ0v) is 13.2. The zero-order valence-electron chi connectivity index (χ0n) is 13.2. The molecule has 0 aliphatic heterocycles. The number of ether oxygens (including phenoxy) is 1. The number of esters is 1. The van der Waals surface area contributed by atoms with Crippen LogP contribution in [0.5, 0.6) is 0 Å². The Labute approximate surface area is 130 Å². The zero-order chi connectivity index (χ0) is 16.4. The van der Waals surface area contributed by atoms with Crippen molar-refractivity contribution < 1.29 is 9.53 Å². The molecular weight excluding hydrogens is 282 g/mol. The van der Waals surface area contributed by atoms with Crippen LogP contribution in [0, 0.1) is 11.8 Å². The summed E-state index contributed by atoms with van der Waals surface area (Å²) in [5.74, 6) is 5.54. The summed E-state index contributed by atoms with van der Waals surface area (Å²) in [6.07, 6.45) is 6.81. The maximum atomic E-state index is 11.7. The molecule has 0 radical (unpaired) electrons. The number of anilines is 1. The van der Waals surface area contributed by atoms with Crippen LogP contribution in [0.15, 0.2) is 11.0 Å². The van der Waals surface area contributed by atoms with E-state index in [4.69, 9.17) is 10.5 Å². The summed E-state index contributed by atoms with van der Waals surface area (Å²) in [7, 11) is 0. The Morgan fingerprint density at radius 1 is 1.36 bits per heavy atom. The second-order valence-corrected chi connectivity index (χ2v) is 4.87. The van der Waals surface area contributed by atoms with E-state index in [0.29, 0.717) is 5.56 Å². The van der Waals surface area contributed by atoms with Crippen LogP contribution in [0.3, 0.4) is 0 Å². The van der Waals surface area contributed by atoms with Gasteiger partial charge >= 0.3 is 11.7 Å². The topological polar surface area (TPSA) is 87.2 Å². The number of nitrogens with two attached hydrogens (primary N) is 1. The summed E-state index contributed by atoms with van der Waals surface area (Å²) < 4.78 is 5.98. The van der Waals surface area contributed by atoms with Gasteiger partial charge < -0.3 is 10.5 Å². The highest BCUT2D eigenvalue weighted by atomic mass is 16.5.